The first kappa shape index (κ1) is 14.0. The minimum atomic E-state index is -2.44. The number of carboxylic acid groups (broad SMARTS) is 2. The summed E-state index contributed by atoms with van der Waals surface area (Å²) in [6, 6.07) is 0. The molecule has 0 aromatic carbocycles. The summed E-state index contributed by atoms with van der Waals surface area (Å²) in [4.78, 5) is 19.3. The van der Waals surface area contributed by atoms with E-state index in [-0.39, 0.29) is 0 Å². The first-order chi connectivity index (χ1) is 5.46. The van der Waals surface area contributed by atoms with Crippen molar-refractivity contribution in [2.75, 3.05) is 0 Å². The molecule has 12 heavy (non-hydrogen) atoms. The van der Waals surface area contributed by atoms with Crippen molar-refractivity contribution in [1.82, 2.24) is 0 Å². The van der Waals surface area contributed by atoms with Crippen LogP contribution in [0.25, 0.3) is 0 Å². The third-order valence-corrected chi connectivity index (χ3v) is 0.782. The van der Waals surface area contributed by atoms with Crippen molar-refractivity contribution >= 4 is 35.0 Å². The maximum absolute atomic E-state index is 9.63. The molecular formula is C4H4O7Sb. The molecule has 0 bridgehead atoms. The number of carbonyl (C=O) groups is 2. The van der Waals surface area contributed by atoms with Gasteiger partial charge in [0.1, 0.15) is 12.2 Å². The van der Waals surface area contributed by atoms with Crippen LogP contribution in [0.15, 0.2) is 0 Å². The van der Waals surface area contributed by atoms with Crippen molar-refractivity contribution in [3.8, 4) is 0 Å². The van der Waals surface area contributed by atoms with E-state index in [2.05, 4.69) is 0 Å². The molecule has 0 fully saturated rings. The van der Waals surface area contributed by atoms with Crippen LogP contribution in [0.3, 0.4) is 0 Å². The Morgan fingerprint density at radius 2 is 1.17 bits per heavy atom. The van der Waals surface area contributed by atoms with Crippen molar-refractivity contribution < 1.29 is 33.0 Å². The van der Waals surface area contributed by atoms with Gasteiger partial charge in [0.2, 0.25) is 0 Å². The summed E-state index contributed by atoms with van der Waals surface area (Å²) < 4.78 is 8.30. The first-order valence-corrected chi connectivity index (χ1v) is 3.47. The van der Waals surface area contributed by atoms with Crippen LogP contribution in [0.2, 0.25) is 0 Å². The summed E-state index contributed by atoms with van der Waals surface area (Å²) in [6.45, 7) is 0. The van der Waals surface area contributed by atoms with Crippen molar-refractivity contribution in [3.63, 3.8) is 0 Å². The molecule has 0 heterocycles. The summed E-state index contributed by atoms with van der Waals surface area (Å²) >= 11 is 0.500. The second-order valence-electron chi connectivity index (χ2n) is 1.53. The van der Waals surface area contributed by atoms with Gasteiger partial charge in [-0.1, -0.05) is 0 Å². The van der Waals surface area contributed by atoms with Gasteiger partial charge in [0.25, 0.3) is 0 Å². The molecule has 0 spiro atoms. The molecule has 0 amide bonds. The van der Waals surface area contributed by atoms with Gasteiger partial charge >= 0.3 is 26.0 Å². The quantitative estimate of drug-likeness (QED) is 0.494. The monoisotopic (exact) mass is 285 g/mol. The van der Waals surface area contributed by atoms with E-state index in [9.17, 15) is 19.8 Å². The van der Waals surface area contributed by atoms with Crippen molar-refractivity contribution in [3.05, 3.63) is 0 Å². The summed E-state index contributed by atoms with van der Waals surface area (Å²) in [5.41, 5.74) is 0. The van der Waals surface area contributed by atoms with E-state index in [0.717, 1.165) is 0 Å². The Morgan fingerprint density at radius 3 is 1.25 bits per heavy atom. The van der Waals surface area contributed by atoms with E-state index in [0.29, 0.717) is 23.0 Å². The van der Waals surface area contributed by atoms with E-state index >= 15 is 0 Å². The second kappa shape index (κ2) is 7.14. The molecule has 2 N–H and O–H groups in total. The third-order valence-electron chi connectivity index (χ3n) is 0.782. The Labute approximate surface area is 80.5 Å². The zero-order valence-electron chi connectivity index (χ0n) is 5.54. The van der Waals surface area contributed by atoms with Crippen LogP contribution in [-0.4, -0.2) is 57.4 Å². The first-order valence-electron chi connectivity index (χ1n) is 2.43. The van der Waals surface area contributed by atoms with Gasteiger partial charge in [0.05, 0.1) is 11.9 Å². The number of carbonyl (C=O) groups excluding carboxylic acids is 2. The third kappa shape index (κ3) is 5.17. The summed E-state index contributed by atoms with van der Waals surface area (Å²) in [5.74, 6) is -4.12. The van der Waals surface area contributed by atoms with Crippen LogP contribution in [0.4, 0.5) is 0 Å². The predicted molar refractivity (Wildman–Crippen MR) is 28.5 cm³/mol. The van der Waals surface area contributed by atoms with Gasteiger partial charge in [0.15, 0.2) is 0 Å². The second-order valence-corrected chi connectivity index (χ2v) is 1.53. The van der Waals surface area contributed by atoms with Crippen LogP contribution in [0.1, 0.15) is 0 Å². The summed E-state index contributed by atoms with van der Waals surface area (Å²) in [7, 11) is 0. The van der Waals surface area contributed by atoms with E-state index in [1.54, 1.807) is 0 Å². The SMILES string of the molecule is O=C([O-])C(O)C(O)C(=O)[O-].[O]=[Sb+2]. The molecule has 2 unspecified atom stereocenters. The number of carboxylic acids is 2. The molecule has 0 aliphatic heterocycles. The van der Waals surface area contributed by atoms with Crippen LogP contribution in [0, 0.1) is 0 Å². The van der Waals surface area contributed by atoms with Gasteiger partial charge in [0, 0.05) is 0 Å². The maximum atomic E-state index is 9.63. The molecule has 0 aliphatic rings. The molecule has 0 saturated heterocycles. The molecule has 0 saturated carbocycles. The molecular weight excluding hydrogens is 282 g/mol. The zero-order valence-corrected chi connectivity index (χ0v) is 8.09. The van der Waals surface area contributed by atoms with Gasteiger partial charge < -0.3 is 30.0 Å². The standard InChI is InChI=1S/C4H6O6.O.Sb/c5-1(3(7)8)2(6)4(9)10;;/h1-2,5-6H,(H,7,8)(H,9,10);;/q;;+2/p-2. The Balaban J connectivity index is 0. The van der Waals surface area contributed by atoms with E-state index in [1.165, 1.54) is 0 Å². The average Bonchev–Trinajstić information content (AvgIpc) is 2.05. The Morgan fingerprint density at radius 1 is 1.00 bits per heavy atom. The van der Waals surface area contributed by atoms with Gasteiger partial charge in [-0.3, -0.25) is 0 Å². The molecule has 0 aromatic rings. The molecule has 0 rings (SSSR count). The van der Waals surface area contributed by atoms with Crippen molar-refractivity contribution in [2.45, 2.75) is 12.2 Å². The number of aliphatic hydroxyl groups excluding tert-OH is 2. The summed E-state index contributed by atoms with van der Waals surface area (Å²) in [6.07, 6.45) is -4.88. The number of hydrogen-bond donors (Lipinski definition) is 2. The fourth-order valence-corrected chi connectivity index (χ4v) is 0.258. The van der Waals surface area contributed by atoms with Crippen LogP contribution >= 0.6 is 0 Å². The minimum absolute atomic E-state index is 0.500. The van der Waals surface area contributed by atoms with Gasteiger partial charge in [-0.15, -0.1) is 0 Å². The zero-order chi connectivity index (χ0) is 10.3. The average molecular weight is 286 g/mol. The number of rotatable bonds is 3. The molecule has 2 atom stereocenters. The van der Waals surface area contributed by atoms with E-state index in [1.807, 2.05) is 0 Å². The molecule has 8 heteroatoms. The van der Waals surface area contributed by atoms with Gasteiger partial charge in [-0.2, -0.15) is 0 Å². The van der Waals surface area contributed by atoms with E-state index in [4.69, 9.17) is 13.2 Å². The fraction of sp³-hybridized carbons (Fsp3) is 0.500. The topological polar surface area (TPSA) is 138 Å². The normalized spacial score (nSPS) is 13.4. The van der Waals surface area contributed by atoms with Gasteiger partial charge in [-0.05, 0) is 0 Å². The summed E-state index contributed by atoms with van der Waals surface area (Å²) in [5, 5.41) is 35.7. The van der Waals surface area contributed by atoms with Crippen molar-refractivity contribution in [2.24, 2.45) is 0 Å². The Kier molecular flexibility index (Phi) is 8.35. The Hall–Kier alpha value is -0.522. The number of aliphatic carboxylic acids is 2. The molecule has 7 nitrogen and oxygen atoms in total. The number of hydrogen-bond acceptors (Lipinski definition) is 7. The molecule has 1 radical (unpaired) electrons. The van der Waals surface area contributed by atoms with E-state index < -0.39 is 24.1 Å². The Bertz CT molecular complexity index is 151. The van der Waals surface area contributed by atoms with Crippen LogP contribution in [0.5, 0.6) is 0 Å². The van der Waals surface area contributed by atoms with Crippen LogP contribution in [-0.2, 0) is 12.6 Å². The van der Waals surface area contributed by atoms with Gasteiger partial charge in [-0.25, -0.2) is 0 Å². The fourth-order valence-electron chi connectivity index (χ4n) is 0.258. The van der Waals surface area contributed by atoms with Crippen molar-refractivity contribution in [1.29, 1.82) is 0 Å². The predicted octanol–water partition coefficient (Wildman–Crippen LogP) is -5.29. The number of aliphatic hydroxyl groups is 2. The molecule has 0 aliphatic carbocycles. The molecule has 67 valence electrons. The molecule has 0 aromatic heterocycles. The van der Waals surface area contributed by atoms with Crippen LogP contribution < -0.4 is 10.2 Å².